The molecule has 4 heteroatoms. The highest BCUT2D eigenvalue weighted by Crippen LogP contribution is 2.00. The number of hydrogen-bond acceptors (Lipinski definition) is 3. The average Bonchev–Trinajstić information content (AvgIpc) is 2.14. The van der Waals surface area contributed by atoms with Crippen molar-refractivity contribution in [2.75, 3.05) is 0 Å². The van der Waals surface area contributed by atoms with Gasteiger partial charge in [-0.25, -0.2) is 0 Å². The van der Waals surface area contributed by atoms with Crippen LogP contribution in [0.2, 0.25) is 0 Å². The molecule has 0 fully saturated rings. The van der Waals surface area contributed by atoms with Crippen molar-refractivity contribution in [3.8, 4) is 0 Å². The Morgan fingerprint density at radius 2 is 2.62 bits per heavy atom. The maximum absolute atomic E-state index is 9.95. The Kier molecular flexibility index (Phi) is 1.55. The molecule has 42 valence electrons. The van der Waals surface area contributed by atoms with Crippen LogP contribution in [0.25, 0.3) is 0 Å². The SMILES string of the molecule is O=Cc1csc(=S)[nH]1. The van der Waals surface area contributed by atoms with Gasteiger partial charge in [-0.05, 0) is 12.2 Å². The number of carbonyl (C=O) groups excluding carboxylic acids is 1. The molecule has 2 nitrogen and oxygen atoms in total. The molecule has 0 bridgehead atoms. The van der Waals surface area contributed by atoms with Gasteiger partial charge in [0.2, 0.25) is 0 Å². The van der Waals surface area contributed by atoms with Crippen LogP contribution in [0, 0.1) is 3.95 Å². The maximum Gasteiger partial charge on any atom is 0.167 e. The number of aldehydes is 1. The molecule has 0 aliphatic rings. The summed E-state index contributed by atoms with van der Waals surface area (Å²) in [5, 5.41) is 1.69. The lowest BCUT2D eigenvalue weighted by Gasteiger charge is -1.69. The predicted molar refractivity (Wildman–Crippen MR) is 34.9 cm³/mol. The number of nitrogens with one attached hydrogen (secondary N) is 1. The molecule has 0 radical (unpaired) electrons. The maximum atomic E-state index is 9.95. The Hall–Kier alpha value is -0.480. The van der Waals surface area contributed by atoms with E-state index in [2.05, 4.69) is 4.98 Å². The van der Waals surface area contributed by atoms with Crippen LogP contribution in [0.1, 0.15) is 10.5 Å². The molecule has 0 aliphatic carbocycles. The van der Waals surface area contributed by atoms with Crippen molar-refractivity contribution in [2.45, 2.75) is 0 Å². The van der Waals surface area contributed by atoms with Crippen LogP contribution in [0.4, 0.5) is 0 Å². The zero-order valence-corrected chi connectivity index (χ0v) is 5.51. The summed E-state index contributed by atoms with van der Waals surface area (Å²) in [7, 11) is 0. The fourth-order valence-corrected chi connectivity index (χ4v) is 1.14. The number of aromatic amines is 1. The molecule has 8 heavy (non-hydrogen) atoms. The van der Waals surface area contributed by atoms with Crippen LogP contribution in [-0.2, 0) is 0 Å². The summed E-state index contributed by atoms with van der Waals surface area (Å²) >= 11 is 6.06. The van der Waals surface area contributed by atoms with Gasteiger partial charge in [-0.15, -0.1) is 11.3 Å². The number of aromatic nitrogens is 1. The van der Waals surface area contributed by atoms with E-state index >= 15 is 0 Å². The van der Waals surface area contributed by atoms with Crippen molar-refractivity contribution in [1.29, 1.82) is 0 Å². The first-order chi connectivity index (χ1) is 3.83. The monoisotopic (exact) mass is 145 g/mol. The second-order valence-corrected chi connectivity index (χ2v) is 2.77. The molecule has 1 N–H and O–H groups in total. The van der Waals surface area contributed by atoms with Crippen LogP contribution in [0.5, 0.6) is 0 Å². The molecule has 0 spiro atoms. The number of thiazole rings is 1. The van der Waals surface area contributed by atoms with E-state index in [1.165, 1.54) is 11.3 Å². The molecule has 0 aliphatic heterocycles. The summed E-state index contributed by atoms with van der Waals surface area (Å²) in [5.74, 6) is 0. The minimum absolute atomic E-state index is 0.556. The molecule has 0 saturated carbocycles. The lowest BCUT2D eigenvalue weighted by molar-refractivity contribution is 0.111. The highest BCUT2D eigenvalue weighted by atomic mass is 32.1. The highest BCUT2D eigenvalue weighted by molar-refractivity contribution is 7.73. The quantitative estimate of drug-likeness (QED) is 0.481. The van der Waals surface area contributed by atoms with E-state index in [1.54, 1.807) is 5.38 Å². The molecule has 1 rings (SSSR count). The van der Waals surface area contributed by atoms with Gasteiger partial charge in [0, 0.05) is 5.38 Å². The van der Waals surface area contributed by atoms with E-state index in [0.29, 0.717) is 9.65 Å². The van der Waals surface area contributed by atoms with Crippen molar-refractivity contribution in [3.05, 3.63) is 15.0 Å². The number of H-pyrrole nitrogens is 1. The Balaban J connectivity index is 3.18. The summed E-state index contributed by atoms with van der Waals surface area (Å²) in [6.45, 7) is 0. The molecular weight excluding hydrogens is 142 g/mol. The van der Waals surface area contributed by atoms with E-state index in [9.17, 15) is 4.79 Å². The van der Waals surface area contributed by atoms with E-state index in [4.69, 9.17) is 12.2 Å². The van der Waals surface area contributed by atoms with Gasteiger partial charge in [-0.1, -0.05) is 0 Å². The van der Waals surface area contributed by atoms with Gasteiger partial charge < -0.3 is 4.98 Å². The topological polar surface area (TPSA) is 32.9 Å². The van der Waals surface area contributed by atoms with E-state index in [1.807, 2.05) is 0 Å². The normalized spacial score (nSPS) is 9.00. The lowest BCUT2D eigenvalue weighted by Crippen LogP contribution is -1.73. The highest BCUT2D eigenvalue weighted by Gasteiger charge is 1.86. The molecule has 1 aromatic rings. The average molecular weight is 145 g/mol. The second-order valence-electron chi connectivity index (χ2n) is 1.22. The third kappa shape index (κ3) is 1.02. The summed E-state index contributed by atoms with van der Waals surface area (Å²) < 4.78 is 0.645. The van der Waals surface area contributed by atoms with Gasteiger partial charge in [-0.3, -0.25) is 4.79 Å². The van der Waals surface area contributed by atoms with Crippen molar-refractivity contribution < 1.29 is 4.79 Å². The fraction of sp³-hybridized carbons (Fsp3) is 0. The Morgan fingerprint density at radius 1 is 1.88 bits per heavy atom. The zero-order valence-electron chi connectivity index (χ0n) is 3.88. The minimum Gasteiger partial charge on any atom is -0.335 e. The Morgan fingerprint density at radius 3 is 2.88 bits per heavy atom. The fourth-order valence-electron chi connectivity index (χ4n) is 0.351. The minimum atomic E-state index is 0.556. The lowest BCUT2D eigenvalue weighted by atomic mass is 10.6. The first kappa shape index (κ1) is 5.65. The molecular formula is C4H3NOS2. The second kappa shape index (κ2) is 2.19. The largest absolute Gasteiger partial charge is 0.335 e. The smallest absolute Gasteiger partial charge is 0.167 e. The zero-order chi connectivity index (χ0) is 5.98. The number of hydrogen-bond donors (Lipinski definition) is 1. The van der Waals surface area contributed by atoms with Gasteiger partial charge >= 0.3 is 0 Å². The van der Waals surface area contributed by atoms with Gasteiger partial charge in [0.05, 0.1) is 5.69 Å². The van der Waals surface area contributed by atoms with Crippen LogP contribution in [0.3, 0.4) is 0 Å². The van der Waals surface area contributed by atoms with E-state index in [-0.39, 0.29) is 0 Å². The van der Waals surface area contributed by atoms with Crippen molar-refractivity contribution >= 4 is 29.8 Å². The summed E-state index contributed by atoms with van der Waals surface area (Å²) in [5.41, 5.74) is 0.556. The molecule has 1 aromatic heterocycles. The first-order valence-electron chi connectivity index (χ1n) is 1.96. The Bertz CT molecular complexity index is 236. The van der Waals surface area contributed by atoms with Crippen LogP contribution >= 0.6 is 23.6 Å². The third-order valence-electron chi connectivity index (χ3n) is 0.666. The van der Waals surface area contributed by atoms with Crippen molar-refractivity contribution in [2.24, 2.45) is 0 Å². The van der Waals surface area contributed by atoms with Crippen LogP contribution < -0.4 is 0 Å². The molecule has 0 saturated heterocycles. The molecule has 0 amide bonds. The number of rotatable bonds is 1. The summed E-state index contributed by atoms with van der Waals surface area (Å²) in [6, 6.07) is 0. The van der Waals surface area contributed by atoms with Gasteiger partial charge in [0.1, 0.15) is 0 Å². The number of carbonyl (C=O) groups is 1. The van der Waals surface area contributed by atoms with Crippen molar-refractivity contribution in [3.63, 3.8) is 0 Å². The van der Waals surface area contributed by atoms with E-state index < -0.39 is 0 Å². The third-order valence-corrected chi connectivity index (χ3v) is 1.74. The van der Waals surface area contributed by atoms with Gasteiger partial charge in [-0.2, -0.15) is 0 Å². The Labute approximate surface area is 55.2 Å². The molecule has 0 unspecified atom stereocenters. The molecule has 0 atom stereocenters. The summed E-state index contributed by atoms with van der Waals surface area (Å²) in [4.78, 5) is 12.6. The standard InChI is InChI=1S/C4H3NOS2/c6-1-3-2-8-4(7)5-3/h1-2H,(H,5,7). The summed E-state index contributed by atoms with van der Waals surface area (Å²) in [6.07, 6.45) is 0.742. The first-order valence-corrected chi connectivity index (χ1v) is 3.24. The van der Waals surface area contributed by atoms with Crippen LogP contribution in [-0.4, -0.2) is 11.3 Å². The predicted octanol–water partition coefficient (Wildman–Crippen LogP) is 1.62. The molecule has 0 aromatic carbocycles. The molecule has 1 heterocycles. The van der Waals surface area contributed by atoms with Gasteiger partial charge in [0.15, 0.2) is 10.2 Å². The van der Waals surface area contributed by atoms with E-state index in [0.717, 1.165) is 6.29 Å². The van der Waals surface area contributed by atoms with Crippen molar-refractivity contribution in [1.82, 2.24) is 4.98 Å². The van der Waals surface area contributed by atoms with Crippen LogP contribution in [0.15, 0.2) is 5.38 Å². The van der Waals surface area contributed by atoms with Gasteiger partial charge in [0.25, 0.3) is 0 Å².